The highest BCUT2D eigenvalue weighted by Gasteiger charge is 2.43. The lowest BCUT2D eigenvalue weighted by molar-refractivity contribution is -0.123. The molecule has 0 bridgehead atoms. The van der Waals surface area contributed by atoms with Crippen LogP contribution in [0.1, 0.15) is 27.2 Å². The molecule has 112 valence electrons. The first kappa shape index (κ1) is 16.3. The van der Waals surface area contributed by atoms with Crippen LogP contribution >= 0.6 is 38.9 Å². The fourth-order valence-electron chi connectivity index (χ4n) is 2.05. The molecule has 8 heteroatoms. The van der Waals surface area contributed by atoms with Gasteiger partial charge in [-0.3, -0.25) is 4.79 Å². The molecule has 0 radical (unpaired) electrons. The van der Waals surface area contributed by atoms with Crippen LogP contribution in [0.15, 0.2) is 14.1 Å². The third-order valence-electron chi connectivity index (χ3n) is 3.48. The van der Waals surface area contributed by atoms with Crippen molar-refractivity contribution in [3.63, 3.8) is 0 Å². The standard InChI is InChI=1S/C12H15BrClNO3S2/c1-12(2,3)7-4-9(16)15(6-7)20(17,18)10-5-8(14)11(13)19-10/h5,7H,4,6H2,1-3H3. The van der Waals surface area contributed by atoms with E-state index in [0.29, 0.717) is 8.81 Å². The molecule has 1 aliphatic rings. The van der Waals surface area contributed by atoms with Crippen LogP contribution < -0.4 is 0 Å². The quantitative estimate of drug-likeness (QED) is 0.759. The molecule has 0 saturated carbocycles. The van der Waals surface area contributed by atoms with E-state index in [1.165, 1.54) is 6.07 Å². The van der Waals surface area contributed by atoms with Gasteiger partial charge in [-0.25, -0.2) is 12.7 Å². The first-order valence-electron chi connectivity index (χ1n) is 6.04. The van der Waals surface area contributed by atoms with E-state index in [-0.39, 0.29) is 34.4 Å². The molecule has 0 spiro atoms. The summed E-state index contributed by atoms with van der Waals surface area (Å²) in [5.74, 6) is -0.311. The van der Waals surface area contributed by atoms with Crippen molar-refractivity contribution < 1.29 is 13.2 Å². The average molecular weight is 401 g/mol. The van der Waals surface area contributed by atoms with Gasteiger partial charge < -0.3 is 0 Å². The van der Waals surface area contributed by atoms with E-state index in [9.17, 15) is 13.2 Å². The van der Waals surface area contributed by atoms with Gasteiger partial charge in [0.25, 0.3) is 10.0 Å². The summed E-state index contributed by atoms with van der Waals surface area (Å²) in [5.41, 5.74) is -0.104. The molecule has 2 rings (SSSR count). The van der Waals surface area contributed by atoms with E-state index in [1.54, 1.807) is 0 Å². The van der Waals surface area contributed by atoms with E-state index < -0.39 is 10.0 Å². The molecule has 0 aromatic carbocycles. The Balaban J connectivity index is 2.34. The van der Waals surface area contributed by atoms with E-state index in [2.05, 4.69) is 15.9 Å². The van der Waals surface area contributed by atoms with Crippen molar-refractivity contribution in [2.75, 3.05) is 6.54 Å². The second-order valence-electron chi connectivity index (χ2n) is 5.88. The Kier molecular flexibility index (Phi) is 4.28. The molecule has 4 nitrogen and oxygen atoms in total. The fraction of sp³-hybridized carbons (Fsp3) is 0.583. The zero-order valence-corrected chi connectivity index (χ0v) is 15.3. The lowest BCUT2D eigenvalue weighted by Gasteiger charge is -2.26. The number of thiophene rings is 1. The summed E-state index contributed by atoms with van der Waals surface area (Å²) in [6.07, 6.45) is 0.267. The van der Waals surface area contributed by atoms with Crippen LogP contribution in [0.4, 0.5) is 0 Å². The summed E-state index contributed by atoms with van der Waals surface area (Å²) in [6.45, 7) is 6.27. The Bertz CT molecular complexity index is 629. The van der Waals surface area contributed by atoms with Gasteiger partial charge in [-0.05, 0) is 33.3 Å². The van der Waals surface area contributed by atoms with Crippen molar-refractivity contribution >= 4 is 54.8 Å². The molecule has 1 unspecified atom stereocenters. The second kappa shape index (κ2) is 5.26. The van der Waals surface area contributed by atoms with Gasteiger partial charge in [-0.15, -0.1) is 11.3 Å². The van der Waals surface area contributed by atoms with Crippen LogP contribution in [-0.2, 0) is 14.8 Å². The Morgan fingerprint density at radius 2 is 2.05 bits per heavy atom. The Hall–Kier alpha value is -0.110. The minimum atomic E-state index is -3.79. The maximum Gasteiger partial charge on any atom is 0.276 e. The summed E-state index contributed by atoms with van der Waals surface area (Å²) in [4.78, 5) is 12.0. The third-order valence-corrected chi connectivity index (χ3v) is 8.19. The average Bonchev–Trinajstić information content (AvgIpc) is 2.83. The Labute approximate surface area is 136 Å². The lowest BCUT2D eigenvalue weighted by atomic mass is 9.80. The topological polar surface area (TPSA) is 54.5 Å². The van der Waals surface area contributed by atoms with Gasteiger partial charge in [0, 0.05) is 13.0 Å². The normalized spacial score (nSPS) is 20.8. The van der Waals surface area contributed by atoms with Crippen molar-refractivity contribution in [3.05, 3.63) is 14.9 Å². The van der Waals surface area contributed by atoms with E-state index >= 15 is 0 Å². The Morgan fingerprint density at radius 3 is 2.45 bits per heavy atom. The molecule has 1 fully saturated rings. The molecule has 1 amide bonds. The minimum absolute atomic E-state index is 0.0312. The van der Waals surface area contributed by atoms with Crippen molar-refractivity contribution in [2.45, 2.75) is 31.4 Å². The number of carbonyl (C=O) groups is 1. The number of carbonyl (C=O) groups excluding carboxylic acids is 1. The lowest BCUT2D eigenvalue weighted by Crippen LogP contribution is -2.33. The van der Waals surface area contributed by atoms with Crippen LogP contribution in [0.25, 0.3) is 0 Å². The number of nitrogens with zero attached hydrogens (tertiary/aromatic N) is 1. The number of amides is 1. The molecular formula is C12H15BrClNO3S2. The maximum absolute atomic E-state index is 12.5. The van der Waals surface area contributed by atoms with Crippen LogP contribution in [-0.4, -0.2) is 25.2 Å². The minimum Gasteiger partial charge on any atom is -0.274 e. The van der Waals surface area contributed by atoms with Gasteiger partial charge in [0.05, 0.1) is 8.81 Å². The predicted octanol–water partition coefficient (Wildman–Crippen LogP) is 3.75. The van der Waals surface area contributed by atoms with E-state index in [1.807, 2.05) is 20.8 Å². The van der Waals surface area contributed by atoms with Gasteiger partial charge >= 0.3 is 0 Å². The van der Waals surface area contributed by atoms with E-state index in [0.717, 1.165) is 15.6 Å². The molecule has 1 saturated heterocycles. The summed E-state index contributed by atoms with van der Waals surface area (Å²) in [6, 6.07) is 1.38. The number of hydrogen-bond acceptors (Lipinski definition) is 4. The molecular weight excluding hydrogens is 386 g/mol. The van der Waals surface area contributed by atoms with Gasteiger partial charge in [-0.2, -0.15) is 0 Å². The molecule has 1 aliphatic heterocycles. The second-order valence-corrected chi connectivity index (χ2v) is 10.8. The van der Waals surface area contributed by atoms with E-state index in [4.69, 9.17) is 11.6 Å². The third kappa shape index (κ3) is 2.91. The molecule has 0 aliphatic carbocycles. The summed E-state index contributed by atoms with van der Waals surface area (Å²) < 4.78 is 26.7. The summed E-state index contributed by atoms with van der Waals surface area (Å²) >= 11 is 10.1. The number of sulfonamides is 1. The van der Waals surface area contributed by atoms with Crippen molar-refractivity contribution in [1.29, 1.82) is 0 Å². The van der Waals surface area contributed by atoms with Crippen LogP contribution in [0.3, 0.4) is 0 Å². The highest BCUT2D eigenvalue weighted by atomic mass is 79.9. The molecule has 1 atom stereocenters. The zero-order chi connectivity index (χ0) is 15.3. The van der Waals surface area contributed by atoms with Crippen molar-refractivity contribution in [2.24, 2.45) is 11.3 Å². The smallest absolute Gasteiger partial charge is 0.274 e. The summed E-state index contributed by atoms with van der Waals surface area (Å²) in [5, 5.41) is 0.340. The predicted molar refractivity (Wildman–Crippen MR) is 83.5 cm³/mol. The number of halogens is 2. The molecule has 0 N–H and O–H groups in total. The van der Waals surface area contributed by atoms with Gasteiger partial charge in [0.15, 0.2) is 0 Å². The first-order chi connectivity index (χ1) is 9.03. The molecule has 20 heavy (non-hydrogen) atoms. The largest absolute Gasteiger partial charge is 0.276 e. The molecule has 1 aromatic heterocycles. The Morgan fingerprint density at radius 1 is 1.45 bits per heavy atom. The number of rotatable bonds is 2. The fourth-order valence-corrected chi connectivity index (χ4v) is 6.02. The van der Waals surface area contributed by atoms with Crippen LogP contribution in [0.5, 0.6) is 0 Å². The summed E-state index contributed by atoms with van der Waals surface area (Å²) in [7, 11) is -3.79. The first-order valence-corrected chi connectivity index (χ1v) is 9.46. The highest BCUT2D eigenvalue weighted by Crippen LogP contribution is 2.40. The molecule has 1 aromatic rings. The van der Waals surface area contributed by atoms with Crippen molar-refractivity contribution in [3.8, 4) is 0 Å². The maximum atomic E-state index is 12.5. The highest BCUT2D eigenvalue weighted by molar-refractivity contribution is 9.11. The zero-order valence-electron chi connectivity index (χ0n) is 11.3. The monoisotopic (exact) mass is 399 g/mol. The van der Waals surface area contributed by atoms with Crippen LogP contribution in [0.2, 0.25) is 5.02 Å². The van der Waals surface area contributed by atoms with Gasteiger partial charge in [0.1, 0.15) is 4.21 Å². The van der Waals surface area contributed by atoms with Crippen molar-refractivity contribution in [1.82, 2.24) is 4.31 Å². The number of hydrogen-bond donors (Lipinski definition) is 0. The SMILES string of the molecule is CC(C)(C)C1CC(=O)N(S(=O)(=O)c2cc(Cl)c(Br)s2)C1. The van der Waals surface area contributed by atoms with Crippen LogP contribution in [0, 0.1) is 11.3 Å². The van der Waals surface area contributed by atoms with Gasteiger partial charge in [0.2, 0.25) is 5.91 Å². The van der Waals surface area contributed by atoms with Gasteiger partial charge in [-0.1, -0.05) is 32.4 Å². The molecule has 2 heterocycles.